The molecule has 0 fully saturated rings. The summed E-state index contributed by atoms with van der Waals surface area (Å²) in [7, 11) is 0. The minimum atomic E-state index is 0.254. The Morgan fingerprint density at radius 2 is 1.38 bits per heavy atom. The van der Waals surface area contributed by atoms with Crippen molar-refractivity contribution >= 4 is 28.0 Å². The predicted molar refractivity (Wildman–Crippen MR) is 161 cm³/mol. The second-order valence-corrected chi connectivity index (χ2v) is 10.2. The molecule has 0 radical (unpaired) electrons. The first-order chi connectivity index (χ1) is 19.3. The van der Waals surface area contributed by atoms with E-state index in [4.69, 9.17) is 9.97 Å². The summed E-state index contributed by atoms with van der Waals surface area (Å²) in [4.78, 5) is 10.3. The smallest absolute Gasteiger partial charge is 0.145 e. The molecule has 2 atom stereocenters. The van der Waals surface area contributed by atoms with Crippen molar-refractivity contribution in [1.29, 1.82) is 0 Å². The highest BCUT2D eigenvalue weighted by molar-refractivity contribution is 6.00. The molecule has 2 aliphatic carbocycles. The number of hydrogen-bond donors (Lipinski definition) is 0. The van der Waals surface area contributed by atoms with Gasteiger partial charge in [-0.05, 0) is 42.0 Å². The van der Waals surface area contributed by atoms with Gasteiger partial charge in [-0.2, -0.15) is 0 Å². The molecule has 3 nitrogen and oxygen atoms in total. The molecule has 0 bridgehead atoms. The number of para-hydroxylation sites is 4. The fraction of sp³-hybridized carbons (Fsp3) is 0.0556. The molecule has 0 amide bonds. The lowest BCUT2D eigenvalue weighted by molar-refractivity contribution is 0.674. The molecule has 0 aliphatic heterocycles. The molecular weight excluding hydrogens is 474 g/mol. The summed E-state index contributed by atoms with van der Waals surface area (Å²) in [6.45, 7) is 0. The average Bonchev–Trinajstić information content (AvgIpc) is 3.40. The van der Waals surface area contributed by atoms with Gasteiger partial charge in [-0.1, -0.05) is 103 Å². The lowest BCUT2D eigenvalue weighted by Gasteiger charge is -2.28. The molecule has 2 unspecified atom stereocenters. The van der Waals surface area contributed by atoms with Crippen molar-refractivity contribution in [3.63, 3.8) is 0 Å². The first kappa shape index (κ1) is 22.0. The highest BCUT2D eigenvalue weighted by atomic mass is 15.1. The van der Waals surface area contributed by atoms with Crippen LogP contribution >= 0.6 is 0 Å². The number of pyridine rings is 1. The molecule has 0 saturated heterocycles. The van der Waals surface area contributed by atoms with Crippen LogP contribution in [-0.2, 0) is 0 Å². The lowest BCUT2D eigenvalue weighted by Crippen LogP contribution is -2.16. The van der Waals surface area contributed by atoms with Gasteiger partial charge in [0.15, 0.2) is 0 Å². The largest absolute Gasteiger partial charge is 0.292 e. The third kappa shape index (κ3) is 3.51. The zero-order valence-corrected chi connectivity index (χ0v) is 21.3. The second-order valence-electron chi connectivity index (χ2n) is 10.2. The van der Waals surface area contributed by atoms with Gasteiger partial charge in [-0.3, -0.25) is 9.55 Å². The summed E-state index contributed by atoms with van der Waals surface area (Å²) in [5.74, 6) is 1.54. The third-order valence-electron chi connectivity index (χ3n) is 7.92. The van der Waals surface area contributed by atoms with Gasteiger partial charge in [-0.15, -0.1) is 0 Å². The fourth-order valence-corrected chi connectivity index (χ4v) is 6.14. The minimum Gasteiger partial charge on any atom is -0.292 e. The van der Waals surface area contributed by atoms with Crippen LogP contribution in [0.3, 0.4) is 0 Å². The molecule has 184 valence electrons. The highest BCUT2D eigenvalue weighted by Crippen LogP contribution is 2.44. The van der Waals surface area contributed by atoms with Gasteiger partial charge in [0.05, 0.1) is 22.2 Å². The van der Waals surface area contributed by atoms with E-state index in [9.17, 15) is 0 Å². The van der Waals surface area contributed by atoms with Gasteiger partial charge in [0.25, 0.3) is 0 Å². The van der Waals surface area contributed by atoms with Gasteiger partial charge in [0.1, 0.15) is 5.82 Å². The van der Waals surface area contributed by atoms with Crippen molar-refractivity contribution in [2.24, 2.45) is 5.92 Å². The van der Waals surface area contributed by atoms with Crippen LogP contribution in [0.5, 0.6) is 0 Å². The van der Waals surface area contributed by atoms with Crippen LogP contribution in [0.4, 0.5) is 0 Å². The summed E-state index contributed by atoms with van der Waals surface area (Å²) in [6, 6.07) is 36.2. The van der Waals surface area contributed by atoms with Crippen LogP contribution < -0.4 is 0 Å². The molecule has 2 aromatic heterocycles. The molecule has 0 N–H and O–H groups in total. The summed E-state index contributed by atoms with van der Waals surface area (Å²) >= 11 is 0. The quantitative estimate of drug-likeness (QED) is 0.244. The van der Waals surface area contributed by atoms with E-state index in [1.165, 1.54) is 22.1 Å². The summed E-state index contributed by atoms with van der Waals surface area (Å²) in [6.07, 6.45) is 13.5. The van der Waals surface area contributed by atoms with E-state index < -0.39 is 0 Å². The SMILES string of the molecule is C1=CC2C=Cc3c(nc4ccccc4c3-c3cccc(-c4nc5ccccc5n4-c4ccccc4)c3)C2C=C1. The molecular formula is C36H25N3. The Morgan fingerprint density at radius 1 is 0.615 bits per heavy atom. The normalized spacial score (nSPS) is 17.4. The molecule has 39 heavy (non-hydrogen) atoms. The first-order valence-electron chi connectivity index (χ1n) is 13.4. The van der Waals surface area contributed by atoms with E-state index >= 15 is 0 Å². The number of hydrogen-bond acceptors (Lipinski definition) is 2. The van der Waals surface area contributed by atoms with E-state index in [1.54, 1.807) is 0 Å². The summed E-state index contributed by atoms with van der Waals surface area (Å²) < 4.78 is 2.26. The standard InChI is InChI=1S/C36H25N3/c1-2-14-27(15-3-1)39-33-20-9-8-19-32(33)38-36(39)26-13-10-12-25(23-26)34-29-17-6-7-18-31(29)37-35-28-16-5-4-11-24(28)21-22-30(34)35/h1-24,28H. The molecule has 3 heteroatoms. The van der Waals surface area contributed by atoms with Gasteiger partial charge in [0.2, 0.25) is 0 Å². The van der Waals surface area contributed by atoms with Crippen molar-refractivity contribution in [2.45, 2.75) is 5.92 Å². The molecule has 4 aromatic carbocycles. The van der Waals surface area contributed by atoms with Crippen molar-refractivity contribution < 1.29 is 0 Å². The minimum absolute atomic E-state index is 0.254. The Balaban J connectivity index is 1.38. The third-order valence-corrected chi connectivity index (χ3v) is 7.92. The Hall–Kier alpha value is -5.02. The predicted octanol–water partition coefficient (Wildman–Crippen LogP) is 8.76. The monoisotopic (exact) mass is 499 g/mol. The Morgan fingerprint density at radius 3 is 2.31 bits per heavy atom. The van der Waals surface area contributed by atoms with Crippen LogP contribution in [-0.4, -0.2) is 14.5 Å². The molecule has 2 aliphatic rings. The molecule has 0 saturated carbocycles. The highest BCUT2D eigenvalue weighted by Gasteiger charge is 2.28. The van der Waals surface area contributed by atoms with Crippen molar-refractivity contribution in [3.8, 4) is 28.2 Å². The van der Waals surface area contributed by atoms with Gasteiger partial charge in [0, 0.05) is 39.6 Å². The van der Waals surface area contributed by atoms with Crippen LogP contribution in [0, 0.1) is 5.92 Å². The van der Waals surface area contributed by atoms with Crippen LogP contribution in [0.15, 0.2) is 134 Å². The van der Waals surface area contributed by atoms with Gasteiger partial charge < -0.3 is 0 Å². The molecule has 8 rings (SSSR count). The van der Waals surface area contributed by atoms with Gasteiger partial charge in [-0.25, -0.2) is 4.98 Å². The number of benzene rings is 4. The lowest BCUT2D eigenvalue weighted by atomic mass is 9.77. The Bertz CT molecular complexity index is 1970. The first-order valence-corrected chi connectivity index (χ1v) is 13.4. The average molecular weight is 500 g/mol. The van der Waals surface area contributed by atoms with Crippen molar-refractivity contribution in [2.75, 3.05) is 0 Å². The van der Waals surface area contributed by atoms with E-state index in [1.807, 2.05) is 0 Å². The maximum atomic E-state index is 5.20. The Labute approximate surface area is 227 Å². The fourth-order valence-electron chi connectivity index (χ4n) is 6.14. The summed E-state index contributed by atoms with van der Waals surface area (Å²) in [5.41, 5.74) is 10.1. The zero-order valence-electron chi connectivity index (χ0n) is 21.3. The maximum absolute atomic E-state index is 5.20. The van der Waals surface area contributed by atoms with Gasteiger partial charge >= 0.3 is 0 Å². The number of imidazole rings is 1. The number of nitrogens with zero attached hydrogens (tertiary/aromatic N) is 3. The summed E-state index contributed by atoms with van der Waals surface area (Å²) in [5, 5.41) is 1.17. The van der Waals surface area contributed by atoms with E-state index in [0.29, 0.717) is 5.92 Å². The number of aromatic nitrogens is 3. The van der Waals surface area contributed by atoms with Crippen LogP contribution in [0.2, 0.25) is 0 Å². The van der Waals surface area contributed by atoms with E-state index in [2.05, 4.69) is 144 Å². The van der Waals surface area contributed by atoms with Crippen molar-refractivity contribution in [1.82, 2.24) is 14.5 Å². The maximum Gasteiger partial charge on any atom is 0.145 e. The molecule has 6 aromatic rings. The number of allylic oxidation sites excluding steroid dienone is 5. The topological polar surface area (TPSA) is 30.7 Å². The number of rotatable bonds is 3. The van der Waals surface area contributed by atoms with E-state index in [-0.39, 0.29) is 5.92 Å². The van der Waals surface area contributed by atoms with E-state index in [0.717, 1.165) is 39.3 Å². The second kappa shape index (κ2) is 8.78. The molecule has 2 heterocycles. The molecule has 0 spiro atoms. The number of fused-ring (bicyclic) bond motifs is 5. The van der Waals surface area contributed by atoms with Crippen molar-refractivity contribution in [3.05, 3.63) is 145 Å². The zero-order chi connectivity index (χ0) is 25.8. The Kier molecular flexibility index (Phi) is 4.95. The van der Waals surface area contributed by atoms with Crippen LogP contribution in [0.1, 0.15) is 17.2 Å². The van der Waals surface area contributed by atoms with Crippen LogP contribution in [0.25, 0.3) is 56.2 Å².